The number of anilines is 6. The van der Waals surface area contributed by atoms with Gasteiger partial charge in [-0.1, -0.05) is 243 Å². The van der Waals surface area contributed by atoms with E-state index in [9.17, 15) is 0 Å². The Morgan fingerprint density at radius 1 is 0.187 bits per heavy atom. The standard InChI is InChI=1S/C73H50N2/c1-5-19-51(20-6-1)55-35-43-59(44-36-55)74(60-45-37-56(38-46-60)52-21-7-2-8-22-52)69-33-17-31-67-71(69)63-27-13-15-29-65(63)73(67)66-30-16-14-28-64(66)72-68(73)32-18-34-70(72)75(61-47-39-57(40-48-61)53-23-9-3-10-24-53)62-49-41-58(42-50-62)54-25-11-4-12-26-54/h1-50H. The minimum Gasteiger partial charge on any atom is -0.310 e. The third kappa shape index (κ3) is 7.33. The lowest BCUT2D eigenvalue weighted by molar-refractivity contribution is 0.793. The molecule has 12 aromatic rings. The van der Waals surface area contributed by atoms with E-state index in [0.29, 0.717) is 0 Å². The van der Waals surface area contributed by atoms with Crippen molar-refractivity contribution in [2.75, 3.05) is 9.80 Å². The van der Waals surface area contributed by atoms with Gasteiger partial charge in [0.1, 0.15) is 0 Å². The Balaban J connectivity index is 0.974. The van der Waals surface area contributed by atoms with Crippen LogP contribution in [0.2, 0.25) is 0 Å². The average Bonchev–Trinajstić information content (AvgIpc) is 4.09. The van der Waals surface area contributed by atoms with Crippen LogP contribution >= 0.6 is 0 Å². The van der Waals surface area contributed by atoms with Crippen LogP contribution in [0.3, 0.4) is 0 Å². The molecule has 0 saturated carbocycles. The van der Waals surface area contributed by atoms with Crippen molar-refractivity contribution in [3.8, 4) is 66.8 Å². The first-order valence-electron chi connectivity index (χ1n) is 25.9. The normalized spacial score (nSPS) is 12.4. The second-order valence-electron chi connectivity index (χ2n) is 19.6. The van der Waals surface area contributed by atoms with Crippen molar-refractivity contribution in [3.63, 3.8) is 0 Å². The fraction of sp³-hybridized carbons (Fsp3) is 0.0137. The number of hydrogen-bond acceptors (Lipinski definition) is 2. The van der Waals surface area contributed by atoms with Gasteiger partial charge in [0.2, 0.25) is 0 Å². The van der Waals surface area contributed by atoms with Gasteiger partial charge in [-0.05, 0) is 139 Å². The van der Waals surface area contributed by atoms with Crippen LogP contribution in [0.5, 0.6) is 0 Å². The largest absolute Gasteiger partial charge is 0.310 e. The smallest absolute Gasteiger partial charge is 0.0727 e. The number of benzene rings is 12. The third-order valence-corrected chi connectivity index (χ3v) is 15.5. The predicted octanol–water partition coefficient (Wildman–Crippen LogP) is 19.6. The number of fused-ring (bicyclic) bond motifs is 10. The van der Waals surface area contributed by atoms with Gasteiger partial charge in [0.15, 0.2) is 0 Å². The summed E-state index contributed by atoms with van der Waals surface area (Å²) < 4.78 is 0. The summed E-state index contributed by atoms with van der Waals surface area (Å²) in [7, 11) is 0. The topological polar surface area (TPSA) is 6.48 Å². The first-order valence-corrected chi connectivity index (χ1v) is 25.9. The van der Waals surface area contributed by atoms with Gasteiger partial charge in [0.25, 0.3) is 0 Å². The second-order valence-corrected chi connectivity index (χ2v) is 19.6. The zero-order chi connectivity index (χ0) is 49.7. The van der Waals surface area contributed by atoms with Gasteiger partial charge in [-0.2, -0.15) is 0 Å². The predicted molar refractivity (Wildman–Crippen MR) is 314 cm³/mol. The third-order valence-electron chi connectivity index (χ3n) is 15.5. The molecule has 0 amide bonds. The SMILES string of the molecule is c1ccc(-c2ccc(N(c3ccc(-c4ccccc4)cc3)c3cccc4c3-c3ccccc3C43c4ccccc4-c4c(N(c5ccc(-c6ccccc6)cc5)c5ccc(-c6ccccc6)cc5)cccc43)cc2)cc1. The van der Waals surface area contributed by atoms with Crippen molar-refractivity contribution >= 4 is 34.1 Å². The van der Waals surface area contributed by atoms with Crippen LogP contribution in [-0.2, 0) is 5.41 Å². The molecule has 0 aromatic heterocycles. The summed E-state index contributed by atoms with van der Waals surface area (Å²) in [5.74, 6) is 0. The molecule has 2 heteroatoms. The Labute approximate surface area is 439 Å². The van der Waals surface area contributed by atoms with Crippen molar-refractivity contribution in [2.24, 2.45) is 0 Å². The fourth-order valence-corrected chi connectivity index (χ4v) is 12.2. The van der Waals surface area contributed by atoms with Gasteiger partial charge in [-0.25, -0.2) is 0 Å². The lowest BCUT2D eigenvalue weighted by Crippen LogP contribution is -2.26. The summed E-state index contributed by atoms with van der Waals surface area (Å²) in [4.78, 5) is 4.94. The molecule has 0 N–H and O–H groups in total. The second kappa shape index (κ2) is 18.4. The molecule has 0 fully saturated rings. The van der Waals surface area contributed by atoms with Crippen LogP contribution in [0.4, 0.5) is 34.1 Å². The van der Waals surface area contributed by atoms with E-state index in [1.807, 2.05) is 0 Å². The molecule has 1 spiro atoms. The molecule has 2 aliphatic rings. The zero-order valence-electron chi connectivity index (χ0n) is 41.3. The maximum Gasteiger partial charge on any atom is 0.0727 e. The van der Waals surface area contributed by atoms with Crippen LogP contribution in [0, 0.1) is 0 Å². The van der Waals surface area contributed by atoms with Gasteiger partial charge < -0.3 is 9.80 Å². The van der Waals surface area contributed by atoms with Crippen LogP contribution in [0.25, 0.3) is 66.8 Å². The van der Waals surface area contributed by atoms with Crippen molar-refractivity contribution in [3.05, 3.63) is 326 Å². The zero-order valence-corrected chi connectivity index (χ0v) is 41.3. The quantitative estimate of drug-likeness (QED) is 0.135. The average molecular weight is 955 g/mol. The highest BCUT2D eigenvalue weighted by atomic mass is 15.2. The molecule has 12 aromatic carbocycles. The Hall–Kier alpha value is -9.76. The maximum atomic E-state index is 2.47. The monoisotopic (exact) mass is 954 g/mol. The van der Waals surface area contributed by atoms with E-state index in [2.05, 4.69) is 313 Å². The van der Waals surface area contributed by atoms with E-state index in [0.717, 1.165) is 34.1 Å². The van der Waals surface area contributed by atoms with E-state index in [1.54, 1.807) is 0 Å². The van der Waals surface area contributed by atoms with Crippen molar-refractivity contribution in [1.29, 1.82) is 0 Å². The highest BCUT2D eigenvalue weighted by Gasteiger charge is 2.53. The van der Waals surface area contributed by atoms with Gasteiger partial charge in [0.05, 0.1) is 16.8 Å². The lowest BCUT2D eigenvalue weighted by atomic mass is 9.70. The summed E-state index contributed by atoms with van der Waals surface area (Å²) in [5.41, 5.74) is 25.7. The Bertz CT molecular complexity index is 3570. The van der Waals surface area contributed by atoms with E-state index < -0.39 is 5.41 Å². The Morgan fingerprint density at radius 2 is 0.427 bits per heavy atom. The fourth-order valence-electron chi connectivity index (χ4n) is 12.2. The first kappa shape index (κ1) is 44.0. The van der Waals surface area contributed by atoms with E-state index >= 15 is 0 Å². The number of hydrogen-bond donors (Lipinski definition) is 0. The maximum absolute atomic E-state index is 2.47. The van der Waals surface area contributed by atoms with Crippen molar-refractivity contribution in [1.82, 2.24) is 0 Å². The van der Waals surface area contributed by atoms with E-state index in [4.69, 9.17) is 0 Å². The number of rotatable bonds is 10. The molecular weight excluding hydrogens is 905 g/mol. The highest BCUT2D eigenvalue weighted by molar-refractivity contribution is 6.04. The molecule has 0 aliphatic heterocycles. The van der Waals surface area contributed by atoms with Crippen LogP contribution in [0.1, 0.15) is 22.3 Å². The molecule has 0 heterocycles. The van der Waals surface area contributed by atoms with Crippen molar-refractivity contribution < 1.29 is 0 Å². The highest BCUT2D eigenvalue weighted by Crippen LogP contribution is 2.66. The summed E-state index contributed by atoms with van der Waals surface area (Å²) in [5, 5.41) is 0. The molecule has 2 aliphatic carbocycles. The van der Waals surface area contributed by atoms with Crippen molar-refractivity contribution in [2.45, 2.75) is 5.41 Å². The van der Waals surface area contributed by atoms with E-state index in [-0.39, 0.29) is 0 Å². The molecule has 0 atom stereocenters. The first-order chi connectivity index (χ1) is 37.2. The lowest BCUT2D eigenvalue weighted by Gasteiger charge is -2.32. The Kier molecular flexibility index (Phi) is 10.8. The molecule has 2 nitrogen and oxygen atoms in total. The van der Waals surface area contributed by atoms with E-state index in [1.165, 1.54) is 89.0 Å². The number of nitrogens with zero attached hydrogens (tertiary/aromatic N) is 2. The Morgan fingerprint density at radius 3 is 0.720 bits per heavy atom. The molecule has 0 radical (unpaired) electrons. The molecule has 352 valence electrons. The molecule has 0 bridgehead atoms. The van der Waals surface area contributed by atoms with Gasteiger partial charge in [0, 0.05) is 33.9 Å². The molecule has 0 unspecified atom stereocenters. The molecule has 14 rings (SSSR count). The minimum atomic E-state index is -0.607. The molecule has 0 saturated heterocycles. The van der Waals surface area contributed by atoms with Crippen LogP contribution < -0.4 is 9.80 Å². The van der Waals surface area contributed by atoms with Gasteiger partial charge in [-0.15, -0.1) is 0 Å². The summed E-state index contributed by atoms with van der Waals surface area (Å²) >= 11 is 0. The summed E-state index contributed by atoms with van der Waals surface area (Å²) in [6.07, 6.45) is 0. The van der Waals surface area contributed by atoms with Crippen LogP contribution in [-0.4, -0.2) is 0 Å². The summed E-state index contributed by atoms with van der Waals surface area (Å²) in [6.45, 7) is 0. The van der Waals surface area contributed by atoms with Crippen LogP contribution in [0.15, 0.2) is 303 Å². The van der Waals surface area contributed by atoms with Gasteiger partial charge in [-0.3, -0.25) is 0 Å². The minimum absolute atomic E-state index is 0.607. The molecular formula is C73H50N2. The summed E-state index contributed by atoms with van der Waals surface area (Å²) in [6, 6.07) is 111. The van der Waals surface area contributed by atoms with Gasteiger partial charge >= 0.3 is 0 Å². The molecule has 75 heavy (non-hydrogen) atoms.